The molecule has 0 atom stereocenters. The number of halogens is 1. The Labute approximate surface area is 123 Å². The first-order chi connectivity index (χ1) is 9.31. The fourth-order valence-corrected chi connectivity index (χ4v) is 2.97. The minimum Gasteiger partial charge on any atom is -0.313 e. The summed E-state index contributed by atoms with van der Waals surface area (Å²) in [5, 5.41) is 4.22. The van der Waals surface area contributed by atoms with Gasteiger partial charge in [-0.2, -0.15) is 0 Å². The van der Waals surface area contributed by atoms with E-state index >= 15 is 0 Å². The minimum absolute atomic E-state index is 0.803. The molecule has 0 amide bonds. The fourth-order valence-electron chi connectivity index (χ4n) is 1.73. The summed E-state index contributed by atoms with van der Waals surface area (Å²) in [6.45, 7) is 4.03. The van der Waals surface area contributed by atoms with Crippen LogP contribution in [-0.2, 0) is 6.54 Å². The van der Waals surface area contributed by atoms with Crippen molar-refractivity contribution < 1.29 is 0 Å². The van der Waals surface area contributed by atoms with E-state index in [2.05, 4.69) is 23.3 Å². The number of aromatic nitrogens is 1. The normalized spacial score (nSPS) is 10.6. The van der Waals surface area contributed by atoms with Crippen LogP contribution in [0.2, 0.25) is 5.02 Å². The molecule has 0 saturated carbocycles. The first-order valence-corrected chi connectivity index (χ1v) is 7.56. The maximum absolute atomic E-state index is 6.33. The van der Waals surface area contributed by atoms with Crippen LogP contribution >= 0.6 is 23.4 Å². The molecule has 2 rings (SSSR count). The predicted molar refractivity (Wildman–Crippen MR) is 81.8 cm³/mol. The topological polar surface area (TPSA) is 24.9 Å². The van der Waals surface area contributed by atoms with Crippen LogP contribution in [0.4, 0.5) is 0 Å². The van der Waals surface area contributed by atoms with Crippen molar-refractivity contribution in [2.75, 3.05) is 6.54 Å². The molecule has 0 unspecified atom stereocenters. The van der Waals surface area contributed by atoms with Crippen LogP contribution in [0.3, 0.4) is 0 Å². The van der Waals surface area contributed by atoms with Gasteiger partial charge in [-0.15, -0.1) is 0 Å². The van der Waals surface area contributed by atoms with Gasteiger partial charge in [0.1, 0.15) is 0 Å². The van der Waals surface area contributed by atoms with Crippen molar-refractivity contribution in [3.05, 3.63) is 53.3 Å². The molecule has 0 spiro atoms. The van der Waals surface area contributed by atoms with Crippen LogP contribution in [0.15, 0.2) is 52.5 Å². The highest BCUT2D eigenvalue weighted by atomic mass is 35.5. The quantitative estimate of drug-likeness (QED) is 0.800. The lowest BCUT2D eigenvalue weighted by atomic mass is 10.2. The fraction of sp³-hybridized carbons (Fsp3) is 0.267. The van der Waals surface area contributed by atoms with Crippen LogP contribution < -0.4 is 5.32 Å². The monoisotopic (exact) mass is 292 g/mol. The van der Waals surface area contributed by atoms with Crippen molar-refractivity contribution in [3.63, 3.8) is 0 Å². The minimum atomic E-state index is 0.803. The number of nitrogens with zero attached hydrogens (tertiary/aromatic N) is 1. The van der Waals surface area contributed by atoms with Crippen molar-refractivity contribution in [2.45, 2.75) is 29.7 Å². The average molecular weight is 293 g/mol. The first kappa shape index (κ1) is 14.4. The van der Waals surface area contributed by atoms with E-state index in [-0.39, 0.29) is 0 Å². The second-order valence-electron chi connectivity index (χ2n) is 4.19. The molecule has 1 aromatic carbocycles. The summed E-state index contributed by atoms with van der Waals surface area (Å²) in [4.78, 5) is 6.31. The molecule has 0 saturated heterocycles. The van der Waals surface area contributed by atoms with E-state index in [1.165, 1.54) is 5.56 Å². The molecule has 0 aliphatic heterocycles. The first-order valence-electron chi connectivity index (χ1n) is 6.37. The molecule has 0 aliphatic rings. The molecule has 1 aromatic heterocycles. The number of pyridine rings is 1. The molecular formula is C15H17ClN2S. The number of nitrogens with one attached hydrogen (secondary N) is 1. The summed E-state index contributed by atoms with van der Waals surface area (Å²) in [6.07, 6.45) is 4.73. The van der Waals surface area contributed by atoms with Crippen molar-refractivity contribution in [3.8, 4) is 0 Å². The summed E-state index contributed by atoms with van der Waals surface area (Å²) in [5.74, 6) is 0. The molecule has 0 radical (unpaired) electrons. The van der Waals surface area contributed by atoms with E-state index in [1.807, 2.05) is 24.3 Å². The lowest BCUT2D eigenvalue weighted by molar-refractivity contribution is 0.669. The van der Waals surface area contributed by atoms with Gasteiger partial charge in [-0.3, -0.25) is 4.98 Å². The molecule has 2 nitrogen and oxygen atoms in total. The van der Waals surface area contributed by atoms with Gasteiger partial charge in [0.15, 0.2) is 0 Å². The van der Waals surface area contributed by atoms with Gasteiger partial charge in [-0.1, -0.05) is 42.4 Å². The molecular weight excluding hydrogens is 276 g/mol. The standard InChI is InChI=1S/C15H17ClN2S/c1-2-8-18-11-12-4-3-5-14(16)15(12)19-13-6-9-17-10-7-13/h3-7,9-10,18H,2,8,11H2,1H3. The molecule has 0 fully saturated rings. The maximum atomic E-state index is 6.33. The molecule has 19 heavy (non-hydrogen) atoms. The Morgan fingerprint density at radius 2 is 2.00 bits per heavy atom. The summed E-state index contributed by atoms with van der Waals surface area (Å²) in [5.41, 5.74) is 1.24. The predicted octanol–water partition coefficient (Wildman–Crippen LogP) is 4.39. The average Bonchev–Trinajstić information content (AvgIpc) is 2.44. The molecule has 1 heterocycles. The van der Waals surface area contributed by atoms with Gasteiger partial charge in [0, 0.05) is 28.7 Å². The van der Waals surface area contributed by atoms with E-state index in [0.717, 1.165) is 34.3 Å². The summed E-state index contributed by atoms with van der Waals surface area (Å²) < 4.78 is 0. The van der Waals surface area contributed by atoms with E-state index in [1.54, 1.807) is 24.2 Å². The van der Waals surface area contributed by atoms with Gasteiger partial charge < -0.3 is 5.32 Å². The van der Waals surface area contributed by atoms with Gasteiger partial charge in [0.05, 0.1) is 5.02 Å². The zero-order valence-electron chi connectivity index (χ0n) is 10.9. The van der Waals surface area contributed by atoms with Gasteiger partial charge in [-0.25, -0.2) is 0 Å². The Balaban J connectivity index is 2.18. The number of benzene rings is 1. The number of hydrogen-bond donors (Lipinski definition) is 1. The third-order valence-corrected chi connectivity index (χ3v) is 4.28. The second kappa shape index (κ2) is 7.53. The SMILES string of the molecule is CCCNCc1cccc(Cl)c1Sc1ccncc1. The number of rotatable bonds is 6. The van der Waals surface area contributed by atoms with Crippen molar-refractivity contribution in [1.82, 2.24) is 10.3 Å². The van der Waals surface area contributed by atoms with E-state index in [0.29, 0.717) is 0 Å². The van der Waals surface area contributed by atoms with Crippen molar-refractivity contribution in [1.29, 1.82) is 0 Å². The van der Waals surface area contributed by atoms with Gasteiger partial charge in [-0.05, 0) is 36.7 Å². The number of hydrogen-bond acceptors (Lipinski definition) is 3. The Morgan fingerprint density at radius 1 is 1.21 bits per heavy atom. The highest BCUT2D eigenvalue weighted by molar-refractivity contribution is 7.99. The highest BCUT2D eigenvalue weighted by Crippen LogP contribution is 2.35. The van der Waals surface area contributed by atoms with Crippen molar-refractivity contribution in [2.24, 2.45) is 0 Å². The van der Waals surface area contributed by atoms with Gasteiger partial charge in [0.25, 0.3) is 0 Å². The lowest BCUT2D eigenvalue weighted by Gasteiger charge is -2.11. The molecule has 4 heteroatoms. The van der Waals surface area contributed by atoms with Crippen LogP contribution in [0.5, 0.6) is 0 Å². The molecule has 100 valence electrons. The van der Waals surface area contributed by atoms with Gasteiger partial charge in [0.2, 0.25) is 0 Å². The smallest absolute Gasteiger partial charge is 0.0548 e. The van der Waals surface area contributed by atoms with E-state index in [9.17, 15) is 0 Å². The molecule has 2 aromatic rings. The van der Waals surface area contributed by atoms with Crippen LogP contribution in [-0.4, -0.2) is 11.5 Å². The second-order valence-corrected chi connectivity index (χ2v) is 5.68. The molecule has 0 bridgehead atoms. The highest BCUT2D eigenvalue weighted by Gasteiger charge is 2.08. The van der Waals surface area contributed by atoms with E-state index < -0.39 is 0 Å². The van der Waals surface area contributed by atoms with Gasteiger partial charge >= 0.3 is 0 Å². The Bertz CT molecular complexity index is 517. The lowest BCUT2D eigenvalue weighted by Crippen LogP contribution is -2.14. The molecule has 0 aliphatic carbocycles. The maximum Gasteiger partial charge on any atom is 0.0548 e. The van der Waals surface area contributed by atoms with Crippen LogP contribution in [0, 0.1) is 0 Å². The summed E-state index contributed by atoms with van der Waals surface area (Å²) >= 11 is 8.01. The Morgan fingerprint density at radius 3 is 2.74 bits per heavy atom. The summed E-state index contributed by atoms with van der Waals surface area (Å²) in [7, 11) is 0. The summed E-state index contributed by atoms with van der Waals surface area (Å²) in [6, 6.07) is 10.1. The Kier molecular flexibility index (Phi) is 5.70. The van der Waals surface area contributed by atoms with Crippen LogP contribution in [0.1, 0.15) is 18.9 Å². The molecule has 1 N–H and O–H groups in total. The van der Waals surface area contributed by atoms with Crippen molar-refractivity contribution >= 4 is 23.4 Å². The van der Waals surface area contributed by atoms with Crippen LogP contribution in [0.25, 0.3) is 0 Å². The zero-order valence-corrected chi connectivity index (χ0v) is 12.5. The third kappa shape index (κ3) is 4.23. The third-order valence-electron chi connectivity index (χ3n) is 2.66. The zero-order chi connectivity index (χ0) is 13.5. The Hall–Kier alpha value is -1.03. The van der Waals surface area contributed by atoms with E-state index in [4.69, 9.17) is 11.6 Å². The largest absolute Gasteiger partial charge is 0.313 e.